The lowest BCUT2D eigenvalue weighted by Crippen LogP contribution is -2.51. The number of benzene rings is 2. The van der Waals surface area contributed by atoms with Gasteiger partial charge in [0, 0.05) is 31.0 Å². The van der Waals surface area contributed by atoms with Gasteiger partial charge in [0.1, 0.15) is 23.7 Å². The first-order chi connectivity index (χ1) is 23.5. The van der Waals surface area contributed by atoms with Crippen LogP contribution >= 0.6 is 0 Å². The number of fused-ring (bicyclic) bond motifs is 5. The average molecular weight is 678 g/mol. The zero-order chi connectivity index (χ0) is 35.5. The number of carbonyl (C=O) groups excluding carboxylic acids is 6. The number of aliphatic hydroxyl groups excluding tert-OH is 2. The number of anilines is 1. The van der Waals surface area contributed by atoms with Gasteiger partial charge in [-0.15, -0.1) is 5.10 Å². The minimum absolute atomic E-state index is 0.143. The third-order valence-corrected chi connectivity index (χ3v) is 7.53. The van der Waals surface area contributed by atoms with E-state index in [1.165, 1.54) is 6.92 Å². The molecule has 0 fully saturated rings. The Morgan fingerprint density at radius 2 is 1.55 bits per heavy atom. The molecule has 1 aliphatic heterocycles. The molecule has 1 unspecified atom stereocenters. The lowest BCUT2D eigenvalue weighted by atomic mass is 9.95. The molecule has 5 amide bonds. The fraction of sp³-hybridized carbons (Fsp3) is 0.375. The van der Waals surface area contributed by atoms with Gasteiger partial charge < -0.3 is 36.4 Å². The first-order valence-corrected chi connectivity index (χ1v) is 15.5. The first kappa shape index (κ1) is 36.3. The fourth-order valence-electron chi connectivity index (χ4n) is 5.06. The van der Waals surface area contributed by atoms with E-state index in [2.05, 4.69) is 36.9 Å². The van der Waals surface area contributed by atoms with Crippen molar-refractivity contribution in [3.05, 3.63) is 54.1 Å². The largest absolute Gasteiger partial charge is 0.394 e. The van der Waals surface area contributed by atoms with E-state index in [1.807, 2.05) is 36.4 Å². The van der Waals surface area contributed by atoms with Crippen molar-refractivity contribution in [1.82, 2.24) is 41.6 Å². The summed E-state index contributed by atoms with van der Waals surface area (Å²) in [6.07, 6.45) is -1.77. The molecule has 17 nitrogen and oxygen atoms in total. The third kappa shape index (κ3) is 9.75. The number of aryl methyl sites for hydroxylation is 1. The Labute approximate surface area is 281 Å². The number of Topliss-reactive ketones (excluding diaryl/α,β-unsaturated/α-hetero) is 1. The summed E-state index contributed by atoms with van der Waals surface area (Å²) in [6, 6.07) is 13.5. The van der Waals surface area contributed by atoms with Crippen LogP contribution in [0.4, 0.5) is 5.69 Å². The van der Waals surface area contributed by atoms with Crippen LogP contribution in [0.1, 0.15) is 25.3 Å². The van der Waals surface area contributed by atoms with Gasteiger partial charge in [-0.1, -0.05) is 47.7 Å². The molecular formula is C32H39N9O8. The summed E-state index contributed by atoms with van der Waals surface area (Å²) in [5.74, 6) is -3.30. The molecule has 0 radical (unpaired) electrons. The second-order valence-electron chi connectivity index (χ2n) is 11.3. The summed E-state index contributed by atoms with van der Waals surface area (Å²) < 4.78 is 1.69. The quantitative estimate of drug-likeness (QED) is 0.0877. The summed E-state index contributed by atoms with van der Waals surface area (Å²) in [5.41, 5.74) is 4.48. The predicted octanol–water partition coefficient (Wildman–Crippen LogP) is -1.90. The van der Waals surface area contributed by atoms with E-state index in [0.29, 0.717) is 16.9 Å². The van der Waals surface area contributed by atoms with E-state index in [9.17, 15) is 39.0 Å². The number of amides is 5. The van der Waals surface area contributed by atoms with Crippen molar-refractivity contribution in [2.45, 2.75) is 38.6 Å². The molecule has 1 aliphatic rings. The van der Waals surface area contributed by atoms with Crippen molar-refractivity contribution in [3.8, 4) is 22.5 Å². The van der Waals surface area contributed by atoms with E-state index in [-0.39, 0.29) is 50.7 Å². The Bertz CT molecular complexity index is 1710. The van der Waals surface area contributed by atoms with Crippen molar-refractivity contribution in [2.24, 2.45) is 7.05 Å². The second-order valence-corrected chi connectivity index (χ2v) is 11.3. The Morgan fingerprint density at radius 1 is 0.857 bits per heavy atom. The zero-order valence-corrected chi connectivity index (χ0v) is 27.1. The van der Waals surface area contributed by atoms with E-state index in [4.69, 9.17) is 0 Å². The zero-order valence-electron chi connectivity index (χ0n) is 27.1. The topological polar surface area (TPSA) is 237 Å². The third-order valence-electron chi connectivity index (χ3n) is 7.53. The van der Waals surface area contributed by atoms with Gasteiger partial charge in [0.2, 0.25) is 29.5 Å². The fourth-order valence-corrected chi connectivity index (χ4v) is 5.06. The number of hydrogen-bond donors (Lipinski definition) is 7. The molecule has 3 aromatic rings. The van der Waals surface area contributed by atoms with Crippen LogP contribution in [0.2, 0.25) is 0 Å². The second kappa shape index (κ2) is 17.0. The van der Waals surface area contributed by atoms with E-state index in [0.717, 1.165) is 16.8 Å². The summed E-state index contributed by atoms with van der Waals surface area (Å²) in [7, 11) is 1.81. The maximum absolute atomic E-state index is 13.6. The highest BCUT2D eigenvalue weighted by atomic mass is 16.3. The Kier molecular flexibility index (Phi) is 12.6. The molecule has 260 valence electrons. The maximum Gasteiger partial charge on any atom is 0.245 e. The molecule has 0 saturated heterocycles. The minimum atomic E-state index is -1.39. The van der Waals surface area contributed by atoms with E-state index < -0.39 is 49.1 Å². The van der Waals surface area contributed by atoms with E-state index in [1.54, 1.807) is 28.8 Å². The number of hydrogen-bond acceptors (Lipinski definition) is 11. The molecule has 1 aromatic heterocycles. The number of nitrogens with one attached hydrogen (secondary N) is 5. The molecule has 0 aliphatic carbocycles. The molecule has 2 atom stereocenters. The predicted molar refractivity (Wildman–Crippen MR) is 175 cm³/mol. The van der Waals surface area contributed by atoms with Gasteiger partial charge in [-0.2, -0.15) is 0 Å². The first-order valence-electron chi connectivity index (χ1n) is 15.5. The van der Waals surface area contributed by atoms with Gasteiger partial charge >= 0.3 is 0 Å². The summed E-state index contributed by atoms with van der Waals surface area (Å²) in [5, 5.41) is 40.0. The SMILES string of the molecule is CC(=O)CNC(=O)CNC(O)CNC(=O)CNC(=O)[C@H](CO)NC(=O)CCC(=O)N1Cc2ccccc2-c2c(nnn2C)-c2ccccc21. The average Bonchev–Trinajstić information content (AvgIpc) is 3.47. The van der Waals surface area contributed by atoms with Gasteiger partial charge in [-0.25, -0.2) is 4.68 Å². The molecular weight excluding hydrogens is 638 g/mol. The number of ketones is 1. The van der Waals surface area contributed by atoms with Crippen molar-refractivity contribution in [3.63, 3.8) is 0 Å². The molecule has 7 N–H and O–H groups in total. The Hall–Kier alpha value is -5.52. The Balaban J connectivity index is 1.28. The van der Waals surface area contributed by atoms with Crippen LogP contribution in [0.25, 0.3) is 22.5 Å². The molecule has 0 spiro atoms. The van der Waals surface area contributed by atoms with E-state index >= 15 is 0 Å². The van der Waals surface area contributed by atoms with Gasteiger partial charge in [0.25, 0.3) is 0 Å². The number of para-hydroxylation sites is 1. The normalized spacial score (nSPS) is 12.9. The summed E-state index contributed by atoms with van der Waals surface area (Å²) in [6.45, 7) is -0.495. The van der Waals surface area contributed by atoms with Crippen LogP contribution in [-0.4, -0.2) is 106 Å². The Morgan fingerprint density at radius 3 is 2.29 bits per heavy atom. The van der Waals surface area contributed by atoms with Crippen LogP contribution in [0.5, 0.6) is 0 Å². The van der Waals surface area contributed by atoms with Gasteiger partial charge in [-0.3, -0.25) is 34.1 Å². The smallest absolute Gasteiger partial charge is 0.245 e. The molecule has 2 aromatic carbocycles. The van der Waals surface area contributed by atoms with Gasteiger partial charge in [-0.05, 0) is 18.6 Å². The number of rotatable bonds is 15. The van der Waals surface area contributed by atoms with Crippen LogP contribution in [0, 0.1) is 0 Å². The molecule has 0 bridgehead atoms. The standard InChI is InChI=1S/C32H39N9O8/c1-19(43)13-33-26(45)14-34-27(46)15-35-28(47)16-36-32(49)23(18-42)37-25(44)11-12-29(48)41-17-20-7-3-4-8-21(20)31-30(38-39-40(31)2)22-9-5-6-10-24(22)41/h3-10,23,27,34,42,46H,11-18H2,1-2H3,(H,33,45)(H,35,47)(H,36,49)(H,37,44)/t23-,27?/m0/s1. The highest BCUT2D eigenvalue weighted by molar-refractivity contribution is 6.01. The number of carbonyl (C=O) groups is 6. The number of aromatic nitrogens is 3. The van der Waals surface area contributed by atoms with Crippen molar-refractivity contribution in [1.29, 1.82) is 0 Å². The molecule has 2 heterocycles. The van der Waals surface area contributed by atoms with Crippen LogP contribution < -0.4 is 31.5 Å². The highest BCUT2D eigenvalue weighted by Crippen LogP contribution is 2.40. The van der Waals surface area contributed by atoms with Crippen LogP contribution in [0.15, 0.2) is 48.5 Å². The van der Waals surface area contributed by atoms with Gasteiger partial charge in [0.05, 0.1) is 50.7 Å². The summed E-state index contributed by atoms with van der Waals surface area (Å²) >= 11 is 0. The monoisotopic (exact) mass is 677 g/mol. The molecule has 0 saturated carbocycles. The van der Waals surface area contributed by atoms with Crippen molar-refractivity contribution < 1.29 is 39.0 Å². The van der Waals surface area contributed by atoms with Crippen molar-refractivity contribution in [2.75, 3.05) is 37.7 Å². The lowest BCUT2D eigenvalue weighted by Gasteiger charge is -2.28. The number of aliphatic hydroxyl groups is 2. The number of nitrogens with zero attached hydrogens (tertiary/aromatic N) is 4. The molecule has 17 heteroatoms. The highest BCUT2D eigenvalue weighted by Gasteiger charge is 2.29. The minimum Gasteiger partial charge on any atom is -0.394 e. The maximum atomic E-state index is 13.6. The van der Waals surface area contributed by atoms with Crippen molar-refractivity contribution >= 4 is 41.0 Å². The molecule has 4 rings (SSSR count). The van der Waals surface area contributed by atoms with Gasteiger partial charge in [0.15, 0.2) is 0 Å². The van der Waals surface area contributed by atoms with Crippen LogP contribution in [-0.2, 0) is 42.4 Å². The van der Waals surface area contributed by atoms with Crippen LogP contribution in [0.3, 0.4) is 0 Å². The lowest BCUT2D eigenvalue weighted by molar-refractivity contribution is -0.131. The summed E-state index contributed by atoms with van der Waals surface area (Å²) in [4.78, 5) is 75.2. The molecule has 49 heavy (non-hydrogen) atoms.